The third-order valence-corrected chi connectivity index (χ3v) is 1.63. The predicted octanol–water partition coefficient (Wildman–Crippen LogP) is 1.62. The first-order valence-corrected chi connectivity index (χ1v) is 3.39. The number of rotatable bonds is 0. The van der Waals surface area contributed by atoms with Crippen molar-refractivity contribution in [2.45, 2.75) is 0 Å². The molecule has 1 aromatic carbocycles. The lowest BCUT2D eigenvalue weighted by atomic mass is 10.2. The molecule has 0 atom stereocenters. The number of benzene rings is 1. The van der Waals surface area contributed by atoms with Crippen molar-refractivity contribution in [3.63, 3.8) is 0 Å². The molecule has 0 fully saturated rings. The van der Waals surface area contributed by atoms with Crippen LogP contribution in [-0.4, -0.2) is 4.98 Å². The van der Waals surface area contributed by atoms with Crippen molar-refractivity contribution in [1.29, 1.82) is 0 Å². The molecule has 1 aromatic heterocycles. The van der Waals surface area contributed by atoms with Gasteiger partial charge in [-0.2, -0.15) is 0 Å². The fraction of sp³-hybridized carbons (Fsp3) is 0. The molecule has 53 valence electrons. The standard InChI is InChI=1S/C9H7N2/c10-8-4-1-5-9-7(8)3-2-6-11-9/h1-5H,10H2. The van der Waals surface area contributed by atoms with Gasteiger partial charge >= 0.3 is 0 Å². The Morgan fingerprint density at radius 1 is 1.27 bits per heavy atom. The molecule has 2 aromatic rings. The Bertz CT molecular complexity index is 377. The van der Waals surface area contributed by atoms with E-state index in [0.717, 1.165) is 16.6 Å². The Labute approximate surface area is 64.7 Å². The third-order valence-electron chi connectivity index (χ3n) is 1.63. The van der Waals surface area contributed by atoms with Crippen LogP contribution < -0.4 is 5.73 Å². The summed E-state index contributed by atoms with van der Waals surface area (Å²) in [5.41, 5.74) is 7.37. The van der Waals surface area contributed by atoms with Crippen LogP contribution in [0.1, 0.15) is 0 Å². The van der Waals surface area contributed by atoms with Crippen LogP contribution >= 0.6 is 0 Å². The maximum absolute atomic E-state index is 5.70. The van der Waals surface area contributed by atoms with E-state index >= 15 is 0 Å². The third kappa shape index (κ3) is 0.923. The van der Waals surface area contributed by atoms with Gasteiger partial charge in [-0.15, -0.1) is 0 Å². The quantitative estimate of drug-likeness (QED) is 0.569. The van der Waals surface area contributed by atoms with Crippen LogP contribution in [0.15, 0.2) is 30.3 Å². The second kappa shape index (κ2) is 2.23. The van der Waals surface area contributed by atoms with E-state index in [1.165, 1.54) is 0 Å². The van der Waals surface area contributed by atoms with Crippen molar-refractivity contribution in [3.05, 3.63) is 36.5 Å². The Balaban J connectivity index is 2.91. The molecule has 0 aliphatic carbocycles. The highest BCUT2D eigenvalue weighted by Crippen LogP contribution is 2.16. The molecule has 0 aliphatic heterocycles. The first-order chi connectivity index (χ1) is 5.38. The highest BCUT2D eigenvalue weighted by Gasteiger charge is 1.94. The Hall–Kier alpha value is -1.57. The van der Waals surface area contributed by atoms with Gasteiger partial charge in [0.15, 0.2) is 0 Å². The van der Waals surface area contributed by atoms with Crippen LogP contribution in [0.4, 0.5) is 5.69 Å². The Morgan fingerprint density at radius 3 is 3.00 bits per heavy atom. The molecule has 1 radical (unpaired) electrons. The monoisotopic (exact) mass is 143 g/mol. The number of fused-ring (bicyclic) bond motifs is 1. The van der Waals surface area contributed by atoms with Gasteiger partial charge in [-0.3, -0.25) is 0 Å². The number of pyridine rings is 1. The van der Waals surface area contributed by atoms with Gasteiger partial charge in [-0.05, 0) is 24.3 Å². The van der Waals surface area contributed by atoms with E-state index < -0.39 is 0 Å². The number of nitrogens with two attached hydrogens (primary N) is 1. The largest absolute Gasteiger partial charge is 0.398 e. The number of anilines is 1. The van der Waals surface area contributed by atoms with E-state index in [9.17, 15) is 0 Å². The summed E-state index contributed by atoms with van der Waals surface area (Å²) in [7, 11) is 0. The van der Waals surface area contributed by atoms with Crippen molar-refractivity contribution < 1.29 is 0 Å². The SMILES string of the molecule is Nc1cccc2n[c]ccc12. The second-order valence-electron chi connectivity index (χ2n) is 2.35. The normalized spacial score (nSPS) is 10.2. The van der Waals surface area contributed by atoms with Crippen LogP contribution in [0.2, 0.25) is 0 Å². The summed E-state index contributed by atoms with van der Waals surface area (Å²) in [4.78, 5) is 4.04. The van der Waals surface area contributed by atoms with Gasteiger partial charge in [0.05, 0.1) is 11.7 Å². The highest BCUT2D eigenvalue weighted by atomic mass is 14.7. The van der Waals surface area contributed by atoms with Crippen molar-refractivity contribution in [2.24, 2.45) is 0 Å². The second-order valence-corrected chi connectivity index (χ2v) is 2.35. The summed E-state index contributed by atoms with van der Waals surface area (Å²) in [5.74, 6) is 0. The van der Waals surface area contributed by atoms with E-state index in [4.69, 9.17) is 5.73 Å². The molecule has 0 spiro atoms. The molecule has 0 aliphatic rings. The van der Waals surface area contributed by atoms with E-state index in [-0.39, 0.29) is 0 Å². The molecular weight excluding hydrogens is 136 g/mol. The van der Waals surface area contributed by atoms with Crippen molar-refractivity contribution in [1.82, 2.24) is 4.98 Å². The van der Waals surface area contributed by atoms with Crippen LogP contribution in [-0.2, 0) is 0 Å². The number of nitrogens with zero attached hydrogens (tertiary/aromatic N) is 1. The molecule has 0 saturated heterocycles. The zero-order valence-corrected chi connectivity index (χ0v) is 5.91. The number of hydrogen-bond donors (Lipinski definition) is 1. The maximum Gasteiger partial charge on any atom is 0.0894 e. The zero-order valence-electron chi connectivity index (χ0n) is 5.91. The first kappa shape index (κ1) is 6.16. The van der Waals surface area contributed by atoms with Crippen LogP contribution in [0, 0.1) is 6.20 Å². The smallest absolute Gasteiger partial charge is 0.0894 e. The minimum atomic E-state index is 0.768. The van der Waals surface area contributed by atoms with Crippen molar-refractivity contribution in [2.75, 3.05) is 5.73 Å². The molecule has 1 heterocycles. The van der Waals surface area contributed by atoms with E-state index in [1.807, 2.05) is 24.3 Å². The Morgan fingerprint density at radius 2 is 2.18 bits per heavy atom. The minimum absolute atomic E-state index is 0.768. The fourth-order valence-corrected chi connectivity index (χ4v) is 1.08. The predicted molar refractivity (Wildman–Crippen MR) is 45.0 cm³/mol. The van der Waals surface area contributed by atoms with Crippen LogP contribution in [0.25, 0.3) is 10.9 Å². The molecule has 2 N–H and O–H groups in total. The van der Waals surface area contributed by atoms with Gasteiger partial charge in [0, 0.05) is 11.1 Å². The molecule has 2 nitrogen and oxygen atoms in total. The van der Waals surface area contributed by atoms with Gasteiger partial charge in [-0.25, -0.2) is 4.98 Å². The average molecular weight is 143 g/mol. The van der Waals surface area contributed by atoms with E-state index in [1.54, 1.807) is 6.07 Å². The summed E-state index contributed by atoms with van der Waals surface area (Å²) in [6.07, 6.45) is 2.76. The van der Waals surface area contributed by atoms with E-state index in [2.05, 4.69) is 11.2 Å². The lowest BCUT2D eigenvalue weighted by Gasteiger charge is -1.97. The summed E-state index contributed by atoms with van der Waals surface area (Å²) in [6, 6.07) is 9.35. The molecule has 2 rings (SSSR count). The van der Waals surface area contributed by atoms with Gasteiger partial charge in [0.25, 0.3) is 0 Å². The summed E-state index contributed by atoms with van der Waals surface area (Å²) >= 11 is 0. The minimum Gasteiger partial charge on any atom is -0.398 e. The van der Waals surface area contributed by atoms with Gasteiger partial charge in [-0.1, -0.05) is 6.07 Å². The number of nitrogen functional groups attached to an aromatic ring is 1. The van der Waals surface area contributed by atoms with Crippen LogP contribution in [0.5, 0.6) is 0 Å². The molecule has 2 heteroatoms. The molecule has 0 unspecified atom stereocenters. The lowest BCUT2D eigenvalue weighted by Crippen LogP contribution is -1.86. The molecule has 0 bridgehead atoms. The highest BCUT2D eigenvalue weighted by molar-refractivity contribution is 5.89. The lowest BCUT2D eigenvalue weighted by molar-refractivity contribution is 1.39. The maximum atomic E-state index is 5.70. The summed E-state index contributed by atoms with van der Waals surface area (Å²) in [5, 5.41) is 0.992. The van der Waals surface area contributed by atoms with Crippen molar-refractivity contribution in [3.8, 4) is 0 Å². The average Bonchev–Trinajstić information content (AvgIpc) is 2.06. The zero-order chi connectivity index (χ0) is 7.68. The first-order valence-electron chi connectivity index (χ1n) is 3.39. The van der Waals surface area contributed by atoms with Gasteiger partial charge in [0.2, 0.25) is 0 Å². The molecule has 0 saturated carbocycles. The summed E-state index contributed by atoms with van der Waals surface area (Å²) in [6.45, 7) is 0. The number of hydrogen-bond acceptors (Lipinski definition) is 2. The summed E-state index contributed by atoms with van der Waals surface area (Å²) < 4.78 is 0. The van der Waals surface area contributed by atoms with Crippen molar-refractivity contribution >= 4 is 16.6 Å². The Kier molecular flexibility index (Phi) is 1.25. The number of aromatic nitrogens is 1. The topological polar surface area (TPSA) is 38.9 Å². The molecular formula is C9H7N2. The van der Waals surface area contributed by atoms with Gasteiger partial charge < -0.3 is 5.73 Å². The molecule has 0 amide bonds. The fourth-order valence-electron chi connectivity index (χ4n) is 1.08. The van der Waals surface area contributed by atoms with E-state index in [0.29, 0.717) is 0 Å². The molecule has 11 heavy (non-hydrogen) atoms. The van der Waals surface area contributed by atoms with Crippen LogP contribution in [0.3, 0.4) is 0 Å². The van der Waals surface area contributed by atoms with Gasteiger partial charge in [0.1, 0.15) is 0 Å².